The smallest absolute Gasteiger partial charge is 0.139 e. The number of aromatic nitrogens is 1. The van der Waals surface area contributed by atoms with Gasteiger partial charge in [0, 0.05) is 11.1 Å². The number of phenolic OH excluding ortho intramolecular Hbond substituents is 1. The Hall–Kier alpha value is -1.44. The molecule has 13 heavy (non-hydrogen) atoms. The summed E-state index contributed by atoms with van der Waals surface area (Å²) in [6.45, 7) is 4.19. The molecular weight excluding hydrogens is 162 g/mol. The molecule has 0 saturated carbocycles. The van der Waals surface area contributed by atoms with Crippen LogP contribution < -0.4 is 0 Å². The van der Waals surface area contributed by atoms with Crippen LogP contribution in [0.15, 0.2) is 18.2 Å². The molecule has 0 aliphatic rings. The second-order valence-electron chi connectivity index (χ2n) is 3.28. The molecule has 0 unspecified atom stereocenters. The first-order chi connectivity index (χ1) is 6.24. The van der Waals surface area contributed by atoms with E-state index in [0.717, 1.165) is 17.3 Å². The quantitative estimate of drug-likeness (QED) is 0.686. The lowest BCUT2D eigenvalue weighted by Crippen LogP contribution is -1.80. The van der Waals surface area contributed by atoms with Gasteiger partial charge in [0.15, 0.2) is 0 Å². The first-order valence-corrected chi connectivity index (χ1v) is 4.53. The third-order valence-corrected chi connectivity index (χ3v) is 2.53. The maximum absolute atomic E-state index is 9.57. The van der Waals surface area contributed by atoms with Crippen molar-refractivity contribution in [2.24, 2.45) is 0 Å². The second kappa shape index (κ2) is 2.80. The van der Waals surface area contributed by atoms with Gasteiger partial charge in [-0.05, 0) is 25.0 Å². The number of hydrogen-bond acceptors (Lipinski definition) is 1. The Labute approximate surface area is 77.2 Å². The number of rotatable bonds is 1. The lowest BCUT2D eigenvalue weighted by molar-refractivity contribution is 0.480. The number of hydrogen-bond donors (Lipinski definition) is 2. The van der Waals surface area contributed by atoms with Gasteiger partial charge in [-0.2, -0.15) is 0 Å². The van der Waals surface area contributed by atoms with Crippen molar-refractivity contribution in [3.63, 3.8) is 0 Å². The molecule has 0 amide bonds. The molecule has 2 aromatic rings. The number of nitrogens with one attached hydrogen (secondary N) is 1. The first-order valence-electron chi connectivity index (χ1n) is 4.53. The van der Waals surface area contributed by atoms with E-state index < -0.39 is 0 Å². The number of para-hydroxylation sites is 1. The van der Waals surface area contributed by atoms with Crippen LogP contribution in [0.3, 0.4) is 0 Å². The Morgan fingerprint density at radius 2 is 2.15 bits per heavy atom. The summed E-state index contributed by atoms with van der Waals surface area (Å²) >= 11 is 0. The Balaban J connectivity index is 2.83. The van der Waals surface area contributed by atoms with Gasteiger partial charge in [0.1, 0.15) is 5.75 Å². The molecule has 1 aromatic carbocycles. The monoisotopic (exact) mass is 175 g/mol. The average Bonchev–Trinajstić information content (AvgIpc) is 2.45. The summed E-state index contributed by atoms with van der Waals surface area (Å²) in [6, 6.07) is 5.61. The van der Waals surface area contributed by atoms with Crippen LogP contribution in [0.2, 0.25) is 0 Å². The molecule has 0 radical (unpaired) electrons. The van der Waals surface area contributed by atoms with E-state index in [4.69, 9.17) is 0 Å². The molecule has 0 saturated heterocycles. The predicted molar refractivity (Wildman–Crippen MR) is 54.1 cm³/mol. The van der Waals surface area contributed by atoms with Crippen molar-refractivity contribution >= 4 is 10.9 Å². The average molecular weight is 175 g/mol. The maximum atomic E-state index is 9.57. The number of phenols is 1. The van der Waals surface area contributed by atoms with Gasteiger partial charge in [-0.1, -0.05) is 19.1 Å². The number of aryl methyl sites for hydroxylation is 2. The largest absolute Gasteiger partial charge is 0.506 e. The molecule has 0 spiro atoms. The molecule has 2 N–H and O–H groups in total. The van der Waals surface area contributed by atoms with E-state index >= 15 is 0 Å². The van der Waals surface area contributed by atoms with Crippen LogP contribution in [0.5, 0.6) is 5.75 Å². The van der Waals surface area contributed by atoms with Crippen LogP contribution >= 0.6 is 0 Å². The van der Waals surface area contributed by atoms with Crippen LogP contribution in [-0.2, 0) is 6.42 Å². The zero-order valence-electron chi connectivity index (χ0n) is 7.89. The molecule has 68 valence electrons. The van der Waals surface area contributed by atoms with E-state index in [1.54, 1.807) is 6.07 Å². The maximum Gasteiger partial charge on any atom is 0.139 e. The van der Waals surface area contributed by atoms with Crippen molar-refractivity contribution < 1.29 is 5.11 Å². The number of fused-ring (bicyclic) bond motifs is 1. The minimum Gasteiger partial charge on any atom is -0.506 e. The van der Waals surface area contributed by atoms with Crippen LogP contribution in [0.1, 0.15) is 18.2 Å². The SMILES string of the molecule is CCc1[nH]c2c(O)cccc2c1C. The van der Waals surface area contributed by atoms with Gasteiger partial charge in [-0.25, -0.2) is 0 Å². The van der Waals surface area contributed by atoms with Gasteiger partial charge in [-0.3, -0.25) is 0 Å². The van der Waals surface area contributed by atoms with Crippen LogP contribution in [-0.4, -0.2) is 10.1 Å². The Kier molecular flexibility index (Phi) is 1.76. The lowest BCUT2D eigenvalue weighted by Gasteiger charge is -1.93. The van der Waals surface area contributed by atoms with Gasteiger partial charge < -0.3 is 10.1 Å². The summed E-state index contributed by atoms with van der Waals surface area (Å²) in [5.41, 5.74) is 3.31. The van der Waals surface area contributed by atoms with E-state index in [1.165, 1.54) is 11.3 Å². The molecule has 1 aromatic heterocycles. The molecule has 1 heterocycles. The molecule has 2 nitrogen and oxygen atoms in total. The molecule has 0 atom stereocenters. The van der Waals surface area contributed by atoms with Gasteiger partial charge in [0.05, 0.1) is 5.52 Å². The van der Waals surface area contributed by atoms with Crippen molar-refractivity contribution in [2.75, 3.05) is 0 Å². The van der Waals surface area contributed by atoms with Crippen molar-refractivity contribution in [1.29, 1.82) is 0 Å². The minimum atomic E-state index is 0.334. The highest BCUT2D eigenvalue weighted by Gasteiger charge is 2.07. The summed E-state index contributed by atoms with van der Waals surface area (Å²) in [7, 11) is 0. The third-order valence-electron chi connectivity index (χ3n) is 2.53. The van der Waals surface area contributed by atoms with Gasteiger partial charge >= 0.3 is 0 Å². The topological polar surface area (TPSA) is 36.0 Å². The summed E-state index contributed by atoms with van der Waals surface area (Å²) in [6.07, 6.45) is 0.972. The van der Waals surface area contributed by atoms with Gasteiger partial charge in [-0.15, -0.1) is 0 Å². The highest BCUT2D eigenvalue weighted by atomic mass is 16.3. The van der Waals surface area contributed by atoms with E-state index in [9.17, 15) is 5.11 Å². The Bertz CT molecular complexity index is 443. The van der Waals surface area contributed by atoms with Crippen molar-refractivity contribution in [3.05, 3.63) is 29.5 Å². The number of aromatic hydroxyl groups is 1. The molecule has 0 aliphatic carbocycles. The molecular formula is C11H13NO. The highest BCUT2D eigenvalue weighted by molar-refractivity contribution is 5.89. The van der Waals surface area contributed by atoms with E-state index in [1.807, 2.05) is 12.1 Å². The summed E-state index contributed by atoms with van der Waals surface area (Å²) in [4.78, 5) is 3.23. The minimum absolute atomic E-state index is 0.334. The first kappa shape index (κ1) is 8.17. The van der Waals surface area contributed by atoms with E-state index in [-0.39, 0.29) is 0 Å². The second-order valence-corrected chi connectivity index (χ2v) is 3.28. The highest BCUT2D eigenvalue weighted by Crippen LogP contribution is 2.28. The van der Waals surface area contributed by atoms with E-state index in [2.05, 4.69) is 18.8 Å². The summed E-state index contributed by atoms with van der Waals surface area (Å²) in [5, 5.41) is 10.7. The van der Waals surface area contributed by atoms with Gasteiger partial charge in [0.25, 0.3) is 0 Å². The van der Waals surface area contributed by atoms with Crippen molar-refractivity contribution in [3.8, 4) is 5.75 Å². The standard InChI is InChI=1S/C11H13NO/c1-3-9-7(2)8-5-4-6-10(13)11(8)12-9/h4-6,12-13H,3H2,1-2H3. The fourth-order valence-corrected chi connectivity index (χ4v) is 1.74. The molecule has 0 aliphatic heterocycles. The normalized spacial score (nSPS) is 10.9. The van der Waals surface area contributed by atoms with E-state index in [0.29, 0.717) is 5.75 Å². The van der Waals surface area contributed by atoms with Gasteiger partial charge in [0.2, 0.25) is 0 Å². The zero-order valence-corrected chi connectivity index (χ0v) is 7.89. The number of H-pyrrole nitrogens is 1. The molecule has 0 bridgehead atoms. The lowest BCUT2D eigenvalue weighted by atomic mass is 10.1. The zero-order chi connectivity index (χ0) is 9.42. The molecule has 2 heteroatoms. The molecule has 2 rings (SSSR count). The predicted octanol–water partition coefficient (Wildman–Crippen LogP) is 2.74. The van der Waals surface area contributed by atoms with Crippen LogP contribution in [0.25, 0.3) is 10.9 Å². The number of aromatic amines is 1. The summed E-state index contributed by atoms with van der Waals surface area (Å²) < 4.78 is 0. The Morgan fingerprint density at radius 3 is 2.77 bits per heavy atom. The van der Waals surface area contributed by atoms with Crippen molar-refractivity contribution in [2.45, 2.75) is 20.3 Å². The third kappa shape index (κ3) is 1.10. The fourth-order valence-electron chi connectivity index (χ4n) is 1.74. The van der Waals surface area contributed by atoms with Crippen LogP contribution in [0.4, 0.5) is 0 Å². The number of benzene rings is 1. The summed E-state index contributed by atoms with van der Waals surface area (Å²) in [5.74, 6) is 0.334. The Morgan fingerprint density at radius 1 is 1.38 bits per heavy atom. The molecule has 0 fully saturated rings. The van der Waals surface area contributed by atoms with Crippen LogP contribution in [0, 0.1) is 6.92 Å². The fraction of sp³-hybridized carbons (Fsp3) is 0.273. The van der Waals surface area contributed by atoms with Crippen molar-refractivity contribution in [1.82, 2.24) is 4.98 Å².